The molecule has 0 aromatic heterocycles. The van der Waals surface area contributed by atoms with Crippen LogP contribution in [0.15, 0.2) is 35.5 Å². The standard InChI is InChI=1S/C27H44O4/c1-18(7-5-13-26(3,31)17-28)23-11-12-24-20(8-6-14-27(23,24)4)9-10-21-15-22(29)16-25(30)19(21)2/h9-10,18,22-25,28-31H,2,5-8,11-17H2,1,3-4H3/b20-9?,21-10-/t18-,22-,23-,24+,25-,26-,27-/m1/s1. The smallest absolute Gasteiger partial charge is 0.0849 e. The third-order valence-corrected chi connectivity index (χ3v) is 8.70. The summed E-state index contributed by atoms with van der Waals surface area (Å²) < 4.78 is 0. The molecular formula is C27H44O4. The van der Waals surface area contributed by atoms with Crippen LogP contribution < -0.4 is 0 Å². The Morgan fingerprint density at radius 3 is 2.71 bits per heavy atom. The fourth-order valence-electron chi connectivity index (χ4n) is 6.76. The molecule has 3 fully saturated rings. The summed E-state index contributed by atoms with van der Waals surface area (Å²) in [5, 5.41) is 39.5. The minimum absolute atomic E-state index is 0.172. The normalized spacial score (nSPS) is 39.5. The maximum absolute atomic E-state index is 10.1. The number of hydrogen-bond acceptors (Lipinski definition) is 4. The van der Waals surface area contributed by atoms with E-state index in [0.717, 1.165) is 30.4 Å². The van der Waals surface area contributed by atoms with Crippen molar-refractivity contribution in [1.82, 2.24) is 0 Å². The van der Waals surface area contributed by atoms with Crippen molar-refractivity contribution in [3.8, 4) is 0 Å². The van der Waals surface area contributed by atoms with E-state index in [9.17, 15) is 20.4 Å². The Balaban J connectivity index is 1.68. The van der Waals surface area contributed by atoms with E-state index in [1.807, 2.05) is 0 Å². The Kier molecular flexibility index (Phi) is 7.89. The molecule has 0 aromatic rings. The highest BCUT2D eigenvalue weighted by atomic mass is 16.3. The monoisotopic (exact) mass is 432 g/mol. The molecule has 4 heteroatoms. The highest BCUT2D eigenvalue weighted by Crippen LogP contribution is 2.60. The van der Waals surface area contributed by atoms with Gasteiger partial charge in [-0.15, -0.1) is 0 Å². The van der Waals surface area contributed by atoms with E-state index in [-0.39, 0.29) is 6.61 Å². The van der Waals surface area contributed by atoms with Gasteiger partial charge in [0.2, 0.25) is 0 Å². The van der Waals surface area contributed by atoms with Crippen molar-refractivity contribution in [1.29, 1.82) is 0 Å². The van der Waals surface area contributed by atoms with Gasteiger partial charge in [-0.25, -0.2) is 0 Å². The van der Waals surface area contributed by atoms with Gasteiger partial charge in [0.15, 0.2) is 0 Å². The second-order valence-corrected chi connectivity index (χ2v) is 11.2. The molecule has 3 saturated carbocycles. The third-order valence-electron chi connectivity index (χ3n) is 8.70. The molecule has 0 saturated heterocycles. The van der Waals surface area contributed by atoms with Crippen LogP contribution >= 0.6 is 0 Å². The Hall–Kier alpha value is -0.940. The van der Waals surface area contributed by atoms with Gasteiger partial charge in [-0.1, -0.05) is 51.0 Å². The molecule has 7 atom stereocenters. The topological polar surface area (TPSA) is 80.9 Å². The summed E-state index contributed by atoms with van der Waals surface area (Å²) >= 11 is 0. The molecule has 0 unspecified atom stereocenters. The van der Waals surface area contributed by atoms with Crippen LogP contribution in [0.3, 0.4) is 0 Å². The van der Waals surface area contributed by atoms with Crippen molar-refractivity contribution in [2.45, 2.75) is 103 Å². The molecule has 0 bridgehead atoms. The summed E-state index contributed by atoms with van der Waals surface area (Å²) in [4.78, 5) is 0. The third kappa shape index (κ3) is 5.52. The van der Waals surface area contributed by atoms with Crippen LogP contribution in [-0.2, 0) is 0 Å². The molecule has 31 heavy (non-hydrogen) atoms. The number of aliphatic hydroxyl groups excluding tert-OH is 3. The summed E-state index contributed by atoms with van der Waals surface area (Å²) in [5.74, 6) is 1.92. The number of hydrogen-bond donors (Lipinski definition) is 4. The van der Waals surface area contributed by atoms with Crippen molar-refractivity contribution in [3.63, 3.8) is 0 Å². The van der Waals surface area contributed by atoms with Crippen LogP contribution in [0.1, 0.15) is 85.0 Å². The summed E-state index contributed by atoms with van der Waals surface area (Å²) in [5.41, 5.74) is 2.65. The second-order valence-electron chi connectivity index (χ2n) is 11.2. The molecule has 3 rings (SSSR count). The average Bonchev–Trinajstić information content (AvgIpc) is 3.07. The molecule has 4 N–H and O–H groups in total. The van der Waals surface area contributed by atoms with E-state index in [1.165, 1.54) is 31.3 Å². The van der Waals surface area contributed by atoms with Gasteiger partial charge in [0.1, 0.15) is 0 Å². The first-order valence-electron chi connectivity index (χ1n) is 12.4. The highest BCUT2D eigenvalue weighted by molar-refractivity contribution is 5.38. The Bertz CT molecular complexity index is 706. The van der Waals surface area contributed by atoms with Crippen LogP contribution in [0.2, 0.25) is 0 Å². The summed E-state index contributed by atoms with van der Waals surface area (Å²) in [7, 11) is 0. The molecule has 3 aliphatic rings. The van der Waals surface area contributed by atoms with Crippen LogP contribution in [0.5, 0.6) is 0 Å². The van der Waals surface area contributed by atoms with Crippen LogP contribution in [0, 0.1) is 23.2 Å². The zero-order valence-electron chi connectivity index (χ0n) is 19.8. The van der Waals surface area contributed by atoms with Crippen LogP contribution in [0.4, 0.5) is 0 Å². The summed E-state index contributed by atoms with van der Waals surface area (Å²) in [6.07, 6.45) is 13.1. The van der Waals surface area contributed by atoms with Gasteiger partial charge in [-0.2, -0.15) is 0 Å². The second kappa shape index (κ2) is 9.91. The fraction of sp³-hybridized carbons (Fsp3) is 0.778. The number of fused-ring (bicyclic) bond motifs is 1. The summed E-state index contributed by atoms with van der Waals surface area (Å²) in [6.45, 7) is 10.5. The first-order chi connectivity index (χ1) is 14.6. The molecule has 0 amide bonds. The van der Waals surface area contributed by atoms with Crippen molar-refractivity contribution in [2.24, 2.45) is 23.2 Å². The SMILES string of the molecule is C=C1/C(=C\C=C2CCC[C@]3(C)[C@@H]([C@H](C)CCC[C@@](C)(O)CO)CC[C@@H]23)C[C@@H](O)C[C@H]1O. The Labute approximate surface area is 188 Å². The number of rotatable bonds is 7. The van der Waals surface area contributed by atoms with Crippen molar-refractivity contribution < 1.29 is 20.4 Å². The largest absolute Gasteiger partial charge is 0.393 e. The lowest BCUT2D eigenvalue weighted by atomic mass is 9.60. The van der Waals surface area contributed by atoms with E-state index in [2.05, 4.69) is 32.6 Å². The molecule has 0 spiro atoms. The van der Waals surface area contributed by atoms with Crippen molar-refractivity contribution in [2.75, 3.05) is 6.61 Å². The first kappa shape index (κ1) is 24.7. The number of allylic oxidation sites excluding steroid dienone is 3. The van der Waals surface area contributed by atoms with E-state index < -0.39 is 17.8 Å². The lowest BCUT2D eigenvalue weighted by Crippen LogP contribution is -2.36. The molecule has 0 aliphatic heterocycles. The zero-order chi connectivity index (χ0) is 22.8. The molecule has 176 valence electrons. The number of aliphatic hydroxyl groups is 4. The van der Waals surface area contributed by atoms with E-state index >= 15 is 0 Å². The quantitative estimate of drug-likeness (QED) is 0.471. The minimum Gasteiger partial charge on any atom is -0.393 e. The van der Waals surface area contributed by atoms with Crippen molar-refractivity contribution >= 4 is 0 Å². The first-order valence-corrected chi connectivity index (χ1v) is 12.4. The molecule has 3 aliphatic carbocycles. The van der Waals surface area contributed by atoms with Crippen molar-refractivity contribution in [3.05, 3.63) is 35.5 Å². The highest BCUT2D eigenvalue weighted by Gasteiger charge is 2.50. The van der Waals surface area contributed by atoms with Gasteiger partial charge in [-0.3, -0.25) is 0 Å². The Morgan fingerprint density at radius 2 is 2.00 bits per heavy atom. The minimum atomic E-state index is -0.958. The van der Waals surface area contributed by atoms with E-state index in [0.29, 0.717) is 42.4 Å². The van der Waals surface area contributed by atoms with Crippen LogP contribution in [0.25, 0.3) is 0 Å². The fourth-order valence-corrected chi connectivity index (χ4v) is 6.76. The van der Waals surface area contributed by atoms with E-state index in [1.54, 1.807) is 6.92 Å². The van der Waals surface area contributed by atoms with Gasteiger partial charge in [-0.05, 0) is 86.2 Å². The lowest BCUT2D eigenvalue weighted by molar-refractivity contribution is -0.00891. The maximum Gasteiger partial charge on any atom is 0.0849 e. The summed E-state index contributed by atoms with van der Waals surface area (Å²) in [6, 6.07) is 0. The van der Waals surface area contributed by atoms with Gasteiger partial charge < -0.3 is 20.4 Å². The zero-order valence-corrected chi connectivity index (χ0v) is 19.8. The van der Waals surface area contributed by atoms with Gasteiger partial charge in [0, 0.05) is 6.42 Å². The van der Waals surface area contributed by atoms with E-state index in [4.69, 9.17) is 0 Å². The predicted molar refractivity (Wildman–Crippen MR) is 125 cm³/mol. The molecule has 0 aromatic carbocycles. The van der Waals surface area contributed by atoms with Gasteiger partial charge in [0.25, 0.3) is 0 Å². The maximum atomic E-state index is 10.1. The molecule has 4 nitrogen and oxygen atoms in total. The lowest BCUT2D eigenvalue weighted by Gasteiger charge is -2.44. The predicted octanol–water partition coefficient (Wildman–Crippen LogP) is 4.68. The Morgan fingerprint density at radius 1 is 1.26 bits per heavy atom. The molecule has 0 heterocycles. The van der Waals surface area contributed by atoms with Gasteiger partial charge >= 0.3 is 0 Å². The average molecular weight is 433 g/mol. The van der Waals surface area contributed by atoms with Crippen LogP contribution in [-0.4, -0.2) is 44.8 Å². The molecular weight excluding hydrogens is 388 g/mol. The molecule has 0 radical (unpaired) electrons. The van der Waals surface area contributed by atoms with Gasteiger partial charge in [0.05, 0.1) is 24.4 Å².